The lowest BCUT2D eigenvalue weighted by atomic mass is 10.1. The Kier molecular flexibility index (Phi) is 3.97. The van der Waals surface area contributed by atoms with E-state index < -0.39 is 0 Å². The molecular weight excluding hydrogens is 236 g/mol. The second-order valence-corrected chi connectivity index (χ2v) is 5.91. The number of nitrogens with one attached hydrogen (secondary N) is 1. The van der Waals surface area contributed by atoms with Crippen LogP contribution in [0.2, 0.25) is 0 Å². The molecule has 1 N–H and O–H groups in total. The van der Waals surface area contributed by atoms with Crippen molar-refractivity contribution in [1.29, 1.82) is 0 Å². The van der Waals surface area contributed by atoms with Gasteiger partial charge in [-0.25, -0.2) is 9.97 Å². The highest BCUT2D eigenvalue weighted by Crippen LogP contribution is 2.25. The van der Waals surface area contributed by atoms with Crippen LogP contribution in [-0.4, -0.2) is 40.5 Å². The van der Waals surface area contributed by atoms with Crippen LogP contribution in [0.25, 0.3) is 0 Å². The van der Waals surface area contributed by atoms with Gasteiger partial charge in [0.25, 0.3) is 0 Å². The largest absolute Gasteiger partial charge is 0.366 e. The van der Waals surface area contributed by atoms with Crippen LogP contribution in [0.5, 0.6) is 0 Å². The molecule has 0 amide bonds. The third-order valence-electron chi connectivity index (χ3n) is 4.24. The van der Waals surface area contributed by atoms with Gasteiger partial charge in [-0.2, -0.15) is 0 Å². The highest BCUT2D eigenvalue weighted by molar-refractivity contribution is 5.48. The maximum absolute atomic E-state index is 4.44. The fraction of sp³-hybridized carbons (Fsp3) is 0.733. The normalized spacial score (nSPS) is 21.1. The first-order valence-corrected chi connectivity index (χ1v) is 7.64. The Morgan fingerprint density at radius 3 is 2.84 bits per heavy atom. The smallest absolute Gasteiger partial charge is 0.133 e. The molecule has 3 rings (SSSR count). The Hall–Kier alpha value is -1.16. The topological polar surface area (TPSA) is 41.0 Å². The SMILES string of the molecule is CC(CN1CCCCC1)Nc1ncnc2c1CCC2. The number of likely N-dealkylation sites (tertiary alicyclic amines) is 1. The van der Waals surface area contributed by atoms with E-state index in [0.717, 1.165) is 25.2 Å². The number of aryl methyl sites for hydroxylation is 1. The summed E-state index contributed by atoms with van der Waals surface area (Å²) in [6, 6.07) is 0.456. The molecule has 19 heavy (non-hydrogen) atoms. The van der Waals surface area contributed by atoms with Gasteiger partial charge in [0.15, 0.2) is 0 Å². The summed E-state index contributed by atoms with van der Waals surface area (Å²) in [6.07, 6.45) is 9.30. The lowest BCUT2D eigenvalue weighted by Gasteiger charge is -2.29. The van der Waals surface area contributed by atoms with Crippen molar-refractivity contribution in [3.8, 4) is 0 Å². The molecule has 4 heteroatoms. The molecule has 0 radical (unpaired) electrons. The molecule has 1 unspecified atom stereocenters. The van der Waals surface area contributed by atoms with Crippen molar-refractivity contribution in [2.24, 2.45) is 0 Å². The van der Waals surface area contributed by atoms with E-state index in [-0.39, 0.29) is 0 Å². The lowest BCUT2D eigenvalue weighted by Crippen LogP contribution is -2.38. The number of rotatable bonds is 4. The van der Waals surface area contributed by atoms with Crippen LogP contribution in [0.15, 0.2) is 6.33 Å². The minimum Gasteiger partial charge on any atom is -0.366 e. The van der Waals surface area contributed by atoms with Gasteiger partial charge < -0.3 is 10.2 Å². The van der Waals surface area contributed by atoms with E-state index in [9.17, 15) is 0 Å². The molecule has 1 aliphatic heterocycles. The maximum atomic E-state index is 4.44. The lowest BCUT2D eigenvalue weighted by molar-refractivity contribution is 0.223. The van der Waals surface area contributed by atoms with Gasteiger partial charge in [0.1, 0.15) is 12.1 Å². The predicted octanol–water partition coefficient (Wildman–Crippen LogP) is 2.25. The van der Waals surface area contributed by atoms with Gasteiger partial charge in [-0.15, -0.1) is 0 Å². The summed E-state index contributed by atoms with van der Waals surface area (Å²) in [7, 11) is 0. The zero-order valence-corrected chi connectivity index (χ0v) is 11.9. The summed E-state index contributed by atoms with van der Waals surface area (Å²) in [4.78, 5) is 11.4. The number of piperidine rings is 1. The van der Waals surface area contributed by atoms with Gasteiger partial charge in [0.05, 0.1) is 0 Å². The molecule has 1 fully saturated rings. The van der Waals surface area contributed by atoms with E-state index in [1.54, 1.807) is 6.33 Å². The first kappa shape index (κ1) is 12.9. The molecule has 0 spiro atoms. The quantitative estimate of drug-likeness (QED) is 0.901. The summed E-state index contributed by atoms with van der Waals surface area (Å²) >= 11 is 0. The zero-order valence-electron chi connectivity index (χ0n) is 11.9. The number of hydrogen-bond acceptors (Lipinski definition) is 4. The monoisotopic (exact) mass is 260 g/mol. The molecule has 0 bridgehead atoms. The van der Waals surface area contributed by atoms with Crippen LogP contribution in [0.1, 0.15) is 43.9 Å². The van der Waals surface area contributed by atoms with E-state index in [2.05, 4.69) is 27.1 Å². The first-order valence-electron chi connectivity index (χ1n) is 7.64. The third-order valence-corrected chi connectivity index (χ3v) is 4.24. The van der Waals surface area contributed by atoms with Crippen LogP contribution in [0.4, 0.5) is 5.82 Å². The minimum absolute atomic E-state index is 0.456. The molecule has 104 valence electrons. The molecule has 4 nitrogen and oxygen atoms in total. The number of hydrogen-bond donors (Lipinski definition) is 1. The average Bonchev–Trinajstić information content (AvgIpc) is 2.89. The Labute approximate surface area is 115 Å². The summed E-state index contributed by atoms with van der Waals surface area (Å²) in [5, 5.41) is 3.60. The standard InChI is InChI=1S/C15H24N4/c1-12(10-19-8-3-2-4-9-19)18-15-13-6-5-7-14(13)16-11-17-15/h11-12H,2-10H2,1H3,(H,16,17,18). The second-order valence-electron chi connectivity index (χ2n) is 5.91. The Morgan fingerprint density at radius 1 is 1.16 bits per heavy atom. The zero-order chi connectivity index (χ0) is 13.1. The van der Waals surface area contributed by atoms with Crippen molar-refractivity contribution in [1.82, 2.24) is 14.9 Å². The van der Waals surface area contributed by atoms with E-state index in [0.29, 0.717) is 6.04 Å². The average molecular weight is 260 g/mol. The second kappa shape index (κ2) is 5.87. The molecule has 1 aromatic heterocycles. The number of anilines is 1. The van der Waals surface area contributed by atoms with E-state index >= 15 is 0 Å². The Morgan fingerprint density at radius 2 is 2.00 bits per heavy atom. The van der Waals surface area contributed by atoms with Crippen LogP contribution in [-0.2, 0) is 12.8 Å². The van der Waals surface area contributed by atoms with Gasteiger partial charge in [-0.05, 0) is 52.1 Å². The van der Waals surface area contributed by atoms with Crippen molar-refractivity contribution in [2.45, 2.75) is 51.5 Å². The highest BCUT2D eigenvalue weighted by Gasteiger charge is 2.19. The van der Waals surface area contributed by atoms with E-state index in [1.165, 1.54) is 50.0 Å². The van der Waals surface area contributed by atoms with Gasteiger partial charge in [-0.3, -0.25) is 0 Å². The predicted molar refractivity (Wildman–Crippen MR) is 77.4 cm³/mol. The minimum atomic E-state index is 0.456. The Balaban J connectivity index is 1.60. The summed E-state index contributed by atoms with van der Waals surface area (Å²) in [5.74, 6) is 1.08. The number of fused-ring (bicyclic) bond motifs is 1. The molecule has 2 heterocycles. The van der Waals surface area contributed by atoms with Gasteiger partial charge in [0.2, 0.25) is 0 Å². The van der Waals surface area contributed by atoms with E-state index in [4.69, 9.17) is 0 Å². The van der Waals surface area contributed by atoms with Crippen molar-refractivity contribution >= 4 is 5.82 Å². The van der Waals surface area contributed by atoms with Crippen molar-refractivity contribution < 1.29 is 0 Å². The maximum Gasteiger partial charge on any atom is 0.133 e. The van der Waals surface area contributed by atoms with Crippen LogP contribution < -0.4 is 5.32 Å². The van der Waals surface area contributed by atoms with E-state index in [1.807, 2.05) is 0 Å². The number of aromatic nitrogens is 2. The molecule has 2 aliphatic rings. The molecule has 1 saturated heterocycles. The van der Waals surface area contributed by atoms with Gasteiger partial charge >= 0.3 is 0 Å². The van der Waals surface area contributed by atoms with Crippen LogP contribution >= 0.6 is 0 Å². The van der Waals surface area contributed by atoms with Gasteiger partial charge in [0, 0.05) is 23.8 Å². The van der Waals surface area contributed by atoms with Crippen LogP contribution in [0.3, 0.4) is 0 Å². The molecule has 0 aromatic carbocycles. The highest BCUT2D eigenvalue weighted by atomic mass is 15.2. The molecule has 1 aliphatic carbocycles. The van der Waals surface area contributed by atoms with Gasteiger partial charge in [-0.1, -0.05) is 6.42 Å². The number of nitrogens with zero attached hydrogens (tertiary/aromatic N) is 3. The fourth-order valence-corrected chi connectivity index (χ4v) is 3.29. The third kappa shape index (κ3) is 3.06. The Bertz CT molecular complexity index is 426. The first-order chi connectivity index (χ1) is 9.33. The molecule has 0 saturated carbocycles. The van der Waals surface area contributed by atoms with Crippen LogP contribution in [0, 0.1) is 0 Å². The van der Waals surface area contributed by atoms with Crippen molar-refractivity contribution in [3.05, 3.63) is 17.6 Å². The van der Waals surface area contributed by atoms with Crippen molar-refractivity contribution in [3.63, 3.8) is 0 Å². The molecule has 1 aromatic rings. The summed E-state index contributed by atoms with van der Waals surface area (Å²) < 4.78 is 0. The fourth-order valence-electron chi connectivity index (χ4n) is 3.29. The van der Waals surface area contributed by atoms with Crippen molar-refractivity contribution in [2.75, 3.05) is 25.0 Å². The summed E-state index contributed by atoms with van der Waals surface area (Å²) in [6.45, 7) is 5.90. The summed E-state index contributed by atoms with van der Waals surface area (Å²) in [5.41, 5.74) is 2.61. The molecular formula is C15H24N4. The molecule has 1 atom stereocenters.